The predicted molar refractivity (Wildman–Crippen MR) is 78.3 cm³/mol. The van der Waals surface area contributed by atoms with Gasteiger partial charge < -0.3 is 9.84 Å². The monoisotopic (exact) mass is 277 g/mol. The Balaban J connectivity index is 2.13. The van der Waals surface area contributed by atoms with Gasteiger partial charge in [-0.1, -0.05) is 12.1 Å². The van der Waals surface area contributed by atoms with E-state index in [-0.39, 0.29) is 6.61 Å². The highest BCUT2D eigenvalue weighted by Gasteiger charge is 2.39. The molecule has 4 heteroatoms. The zero-order valence-corrected chi connectivity index (χ0v) is 12.6. The minimum absolute atomic E-state index is 0.129. The van der Waals surface area contributed by atoms with Gasteiger partial charge in [-0.15, -0.1) is 0 Å². The second-order valence-corrected chi connectivity index (χ2v) is 6.00. The van der Waals surface area contributed by atoms with E-state index < -0.39 is 11.5 Å². The third kappa shape index (κ3) is 3.12. The third-order valence-electron chi connectivity index (χ3n) is 3.95. The van der Waals surface area contributed by atoms with E-state index in [0.717, 1.165) is 35.3 Å². The minimum Gasteiger partial charge on any atom is -0.490 e. The number of rotatable bonds is 6. The third-order valence-corrected chi connectivity index (χ3v) is 3.95. The summed E-state index contributed by atoms with van der Waals surface area (Å²) in [5.41, 5.74) is 2.22. The molecule has 0 bridgehead atoms. The number of carboxylic acid groups (broad SMARTS) is 1. The lowest BCUT2D eigenvalue weighted by Gasteiger charge is -2.27. The molecule has 0 aliphatic heterocycles. The van der Waals surface area contributed by atoms with Crippen molar-refractivity contribution in [2.75, 3.05) is 6.61 Å². The predicted octanol–water partition coefficient (Wildman–Crippen LogP) is 2.59. The topological polar surface area (TPSA) is 58.6 Å². The first-order chi connectivity index (χ1) is 9.33. The van der Waals surface area contributed by atoms with Gasteiger partial charge in [-0.3, -0.25) is 10.1 Å². The molecule has 0 aromatic heterocycles. The van der Waals surface area contributed by atoms with Gasteiger partial charge in [0, 0.05) is 6.04 Å². The molecule has 1 aromatic rings. The largest absolute Gasteiger partial charge is 0.490 e. The summed E-state index contributed by atoms with van der Waals surface area (Å²) in [7, 11) is 0. The molecule has 1 unspecified atom stereocenters. The van der Waals surface area contributed by atoms with E-state index in [9.17, 15) is 9.90 Å². The van der Waals surface area contributed by atoms with Gasteiger partial charge >= 0.3 is 5.97 Å². The molecule has 0 saturated heterocycles. The summed E-state index contributed by atoms with van der Waals surface area (Å²) in [5.74, 6) is -0.0672. The maximum atomic E-state index is 11.5. The quantitative estimate of drug-likeness (QED) is 0.839. The molecule has 0 heterocycles. The lowest BCUT2D eigenvalue weighted by molar-refractivity contribution is -0.145. The van der Waals surface area contributed by atoms with E-state index >= 15 is 0 Å². The molecule has 2 N–H and O–H groups in total. The number of nitrogens with one attached hydrogen (secondary N) is 1. The zero-order chi connectivity index (χ0) is 14.9. The SMILES string of the molecule is Cc1ccc(C)c(OCC(C)(NC2CC2)C(=O)O)c1C. The molecule has 4 nitrogen and oxygen atoms in total. The molecule has 0 spiro atoms. The van der Waals surface area contributed by atoms with Crippen molar-refractivity contribution in [3.63, 3.8) is 0 Å². The van der Waals surface area contributed by atoms with Crippen LogP contribution < -0.4 is 10.1 Å². The Morgan fingerprint density at radius 1 is 1.35 bits per heavy atom. The lowest BCUT2D eigenvalue weighted by atomic mass is 10.0. The molecule has 110 valence electrons. The van der Waals surface area contributed by atoms with Gasteiger partial charge in [0.15, 0.2) is 0 Å². The van der Waals surface area contributed by atoms with E-state index in [0.29, 0.717) is 6.04 Å². The van der Waals surface area contributed by atoms with Gasteiger partial charge in [0.25, 0.3) is 0 Å². The number of hydrogen-bond acceptors (Lipinski definition) is 3. The highest BCUT2D eigenvalue weighted by atomic mass is 16.5. The van der Waals surface area contributed by atoms with Crippen molar-refractivity contribution in [1.82, 2.24) is 5.32 Å². The Hall–Kier alpha value is -1.55. The summed E-state index contributed by atoms with van der Waals surface area (Å²) in [4.78, 5) is 11.5. The maximum Gasteiger partial charge on any atom is 0.327 e. The van der Waals surface area contributed by atoms with E-state index in [4.69, 9.17) is 4.74 Å². The first kappa shape index (κ1) is 14.9. The van der Waals surface area contributed by atoms with Crippen molar-refractivity contribution in [3.8, 4) is 5.75 Å². The average molecular weight is 277 g/mol. The van der Waals surface area contributed by atoms with Crippen LogP contribution in [0.2, 0.25) is 0 Å². The first-order valence-corrected chi connectivity index (χ1v) is 7.04. The molecule has 1 aliphatic rings. The summed E-state index contributed by atoms with van der Waals surface area (Å²) >= 11 is 0. The average Bonchev–Trinajstić information content (AvgIpc) is 3.17. The Morgan fingerprint density at radius 2 is 1.95 bits per heavy atom. The van der Waals surface area contributed by atoms with Crippen LogP contribution in [-0.2, 0) is 4.79 Å². The van der Waals surface area contributed by atoms with Crippen molar-refractivity contribution in [3.05, 3.63) is 28.8 Å². The molecule has 20 heavy (non-hydrogen) atoms. The number of aryl methyl sites for hydroxylation is 2. The number of ether oxygens (including phenoxy) is 1. The summed E-state index contributed by atoms with van der Waals surface area (Å²) < 4.78 is 5.86. The number of carboxylic acids is 1. The standard InChI is InChI=1S/C16H23NO3/c1-10-5-6-11(2)14(12(10)3)20-9-16(4,15(18)19)17-13-7-8-13/h5-6,13,17H,7-9H2,1-4H3,(H,18,19). The van der Waals surface area contributed by atoms with E-state index in [2.05, 4.69) is 11.4 Å². The Bertz CT molecular complexity index is 523. The normalized spacial score (nSPS) is 17.6. The molecule has 1 aromatic carbocycles. The van der Waals surface area contributed by atoms with Gasteiger partial charge in [0.05, 0.1) is 0 Å². The van der Waals surface area contributed by atoms with E-state index in [1.165, 1.54) is 0 Å². The van der Waals surface area contributed by atoms with Crippen LogP contribution in [0.3, 0.4) is 0 Å². The maximum absolute atomic E-state index is 11.5. The lowest BCUT2D eigenvalue weighted by Crippen LogP contribution is -2.54. The number of benzene rings is 1. The Labute approximate surface area is 120 Å². The number of carbonyl (C=O) groups is 1. The van der Waals surface area contributed by atoms with Crippen LogP contribution in [0.15, 0.2) is 12.1 Å². The molecule has 2 rings (SSSR count). The first-order valence-electron chi connectivity index (χ1n) is 7.04. The summed E-state index contributed by atoms with van der Waals surface area (Å²) in [6.45, 7) is 7.83. The molecule has 1 fully saturated rings. The second kappa shape index (κ2) is 5.44. The van der Waals surface area contributed by atoms with Gasteiger partial charge in [-0.2, -0.15) is 0 Å². The van der Waals surface area contributed by atoms with Crippen molar-refractivity contribution in [2.24, 2.45) is 0 Å². The van der Waals surface area contributed by atoms with Crippen molar-refractivity contribution < 1.29 is 14.6 Å². The zero-order valence-electron chi connectivity index (χ0n) is 12.6. The molecular formula is C16H23NO3. The van der Waals surface area contributed by atoms with Crippen LogP contribution in [0.5, 0.6) is 5.75 Å². The van der Waals surface area contributed by atoms with Gasteiger partial charge in [-0.25, -0.2) is 0 Å². The highest BCUT2D eigenvalue weighted by molar-refractivity contribution is 5.78. The smallest absolute Gasteiger partial charge is 0.327 e. The molecule has 0 radical (unpaired) electrons. The fourth-order valence-electron chi connectivity index (χ4n) is 2.21. The Morgan fingerprint density at radius 3 is 2.50 bits per heavy atom. The van der Waals surface area contributed by atoms with Crippen LogP contribution in [0.4, 0.5) is 0 Å². The second-order valence-electron chi connectivity index (χ2n) is 6.00. The van der Waals surface area contributed by atoms with E-state index in [1.54, 1.807) is 6.92 Å². The van der Waals surface area contributed by atoms with Crippen LogP contribution >= 0.6 is 0 Å². The number of aliphatic carboxylic acids is 1. The van der Waals surface area contributed by atoms with Crippen LogP contribution in [0.25, 0.3) is 0 Å². The van der Waals surface area contributed by atoms with Crippen molar-refractivity contribution in [2.45, 2.75) is 52.1 Å². The molecule has 0 amide bonds. The van der Waals surface area contributed by atoms with Crippen molar-refractivity contribution >= 4 is 5.97 Å². The minimum atomic E-state index is -1.04. The van der Waals surface area contributed by atoms with Crippen LogP contribution in [0.1, 0.15) is 36.5 Å². The molecular weight excluding hydrogens is 254 g/mol. The summed E-state index contributed by atoms with van der Waals surface area (Å²) in [5, 5.41) is 12.6. The summed E-state index contributed by atoms with van der Waals surface area (Å²) in [6, 6.07) is 4.37. The highest BCUT2D eigenvalue weighted by Crippen LogP contribution is 2.28. The molecule has 1 atom stereocenters. The fraction of sp³-hybridized carbons (Fsp3) is 0.562. The van der Waals surface area contributed by atoms with Crippen molar-refractivity contribution in [1.29, 1.82) is 0 Å². The van der Waals surface area contributed by atoms with Gasteiger partial charge in [0.2, 0.25) is 0 Å². The van der Waals surface area contributed by atoms with Crippen LogP contribution in [-0.4, -0.2) is 29.3 Å². The summed E-state index contributed by atoms with van der Waals surface area (Å²) in [6.07, 6.45) is 2.09. The number of hydrogen-bond donors (Lipinski definition) is 2. The molecule has 1 aliphatic carbocycles. The molecule has 1 saturated carbocycles. The van der Waals surface area contributed by atoms with Gasteiger partial charge in [0.1, 0.15) is 17.9 Å². The van der Waals surface area contributed by atoms with Gasteiger partial charge in [-0.05, 0) is 57.2 Å². The Kier molecular flexibility index (Phi) is 4.04. The van der Waals surface area contributed by atoms with E-state index in [1.807, 2.05) is 26.8 Å². The fourth-order valence-corrected chi connectivity index (χ4v) is 2.21. The van der Waals surface area contributed by atoms with Crippen LogP contribution in [0, 0.1) is 20.8 Å².